The summed E-state index contributed by atoms with van der Waals surface area (Å²) in [6, 6.07) is 4.02. The molecule has 4 heteroatoms. The van der Waals surface area contributed by atoms with Crippen LogP contribution in [0.3, 0.4) is 0 Å². The Morgan fingerprint density at radius 1 is 1.46 bits per heavy atom. The number of alkyl halides is 1. The van der Waals surface area contributed by atoms with E-state index < -0.39 is 0 Å². The van der Waals surface area contributed by atoms with Gasteiger partial charge >= 0.3 is 0 Å². The lowest BCUT2D eigenvalue weighted by Crippen LogP contribution is -1.98. The van der Waals surface area contributed by atoms with Crippen molar-refractivity contribution in [3.63, 3.8) is 0 Å². The van der Waals surface area contributed by atoms with Crippen LogP contribution in [0.5, 0.6) is 5.75 Å². The summed E-state index contributed by atoms with van der Waals surface area (Å²) in [4.78, 5) is 0. The molecule has 0 aliphatic heterocycles. The van der Waals surface area contributed by atoms with Gasteiger partial charge in [0.25, 0.3) is 0 Å². The summed E-state index contributed by atoms with van der Waals surface area (Å²) >= 11 is 11.5. The van der Waals surface area contributed by atoms with Crippen molar-refractivity contribution in [1.82, 2.24) is 0 Å². The molecule has 1 aromatic rings. The van der Waals surface area contributed by atoms with Crippen LogP contribution in [0, 0.1) is 6.92 Å². The van der Waals surface area contributed by atoms with E-state index >= 15 is 0 Å². The lowest BCUT2D eigenvalue weighted by atomic mass is 10.2. The standard InChI is InChI=1S/C9H11Cl2NO/c1-6-3-8(12-5-10)9(13-2)4-7(6)11/h3-4,12H,5H2,1-2H3. The molecule has 0 saturated carbocycles. The first-order valence-corrected chi connectivity index (χ1v) is 4.74. The van der Waals surface area contributed by atoms with Crippen molar-refractivity contribution in [2.75, 3.05) is 18.4 Å². The fourth-order valence-corrected chi connectivity index (χ4v) is 1.34. The zero-order valence-corrected chi connectivity index (χ0v) is 9.04. The molecular formula is C9H11Cl2NO. The van der Waals surface area contributed by atoms with Gasteiger partial charge in [0.2, 0.25) is 0 Å². The van der Waals surface area contributed by atoms with Crippen LogP contribution in [0.4, 0.5) is 5.69 Å². The molecule has 0 bridgehead atoms. The smallest absolute Gasteiger partial charge is 0.143 e. The maximum Gasteiger partial charge on any atom is 0.143 e. The number of rotatable bonds is 3. The molecule has 0 spiro atoms. The zero-order valence-electron chi connectivity index (χ0n) is 7.53. The summed E-state index contributed by atoms with van der Waals surface area (Å²) in [5.74, 6) is 0.705. The molecule has 1 N–H and O–H groups in total. The van der Waals surface area contributed by atoms with Gasteiger partial charge in [0.05, 0.1) is 18.8 Å². The molecule has 0 atom stereocenters. The number of halogens is 2. The molecule has 0 aliphatic carbocycles. The van der Waals surface area contributed by atoms with Crippen molar-refractivity contribution in [2.24, 2.45) is 0 Å². The minimum Gasteiger partial charge on any atom is -0.495 e. The highest BCUT2D eigenvalue weighted by molar-refractivity contribution is 6.31. The zero-order chi connectivity index (χ0) is 9.84. The molecular weight excluding hydrogens is 209 g/mol. The van der Waals surface area contributed by atoms with E-state index in [2.05, 4.69) is 5.32 Å². The Hall–Kier alpha value is -0.600. The predicted octanol–water partition coefficient (Wildman–Crippen LogP) is 3.27. The van der Waals surface area contributed by atoms with Crippen LogP contribution < -0.4 is 10.1 Å². The number of hydrogen-bond donors (Lipinski definition) is 1. The van der Waals surface area contributed by atoms with Gasteiger partial charge in [-0.2, -0.15) is 0 Å². The molecule has 2 nitrogen and oxygen atoms in total. The topological polar surface area (TPSA) is 21.3 Å². The van der Waals surface area contributed by atoms with Crippen LogP contribution >= 0.6 is 23.2 Å². The van der Waals surface area contributed by atoms with Crippen LogP contribution in [0.2, 0.25) is 5.02 Å². The Labute approximate surface area is 87.8 Å². The second-order valence-electron chi connectivity index (χ2n) is 2.61. The van der Waals surface area contributed by atoms with E-state index in [0.29, 0.717) is 16.8 Å². The minimum absolute atomic E-state index is 0.345. The summed E-state index contributed by atoms with van der Waals surface area (Å²) in [5.41, 5.74) is 1.86. The van der Waals surface area contributed by atoms with E-state index in [1.807, 2.05) is 13.0 Å². The summed E-state index contributed by atoms with van der Waals surface area (Å²) < 4.78 is 5.13. The van der Waals surface area contributed by atoms with E-state index in [9.17, 15) is 0 Å². The molecule has 0 aromatic heterocycles. The summed E-state index contributed by atoms with van der Waals surface area (Å²) in [6.45, 7) is 1.93. The first-order valence-electron chi connectivity index (χ1n) is 3.83. The predicted molar refractivity (Wildman–Crippen MR) is 57.1 cm³/mol. The van der Waals surface area contributed by atoms with E-state index in [0.717, 1.165) is 11.3 Å². The van der Waals surface area contributed by atoms with Gasteiger partial charge in [0.15, 0.2) is 0 Å². The Bertz CT molecular complexity index is 302. The van der Waals surface area contributed by atoms with Crippen molar-refractivity contribution < 1.29 is 4.74 Å². The van der Waals surface area contributed by atoms with Gasteiger partial charge in [0.1, 0.15) is 5.75 Å². The van der Waals surface area contributed by atoms with Gasteiger partial charge in [-0.25, -0.2) is 0 Å². The van der Waals surface area contributed by atoms with Gasteiger partial charge in [-0.3, -0.25) is 0 Å². The fourth-order valence-electron chi connectivity index (χ4n) is 1.04. The monoisotopic (exact) mass is 219 g/mol. The fraction of sp³-hybridized carbons (Fsp3) is 0.333. The average Bonchev–Trinajstić information content (AvgIpc) is 2.11. The number of anilines is 1. The Balaban J connectivity index is 3.09. The molecule has 0 amide bonds. The maximum absolute atomic E-state index is 5.92. The highest BCUT2D eigenvalue weighted by atomic mass is 35.5. The lowest BCUT2D eigenvalue weighted by molar-refractivity contribution is 0.416. The quantitative estimate of drug-likeness (QED) is 0.623. The minimum atomic E-state index is 0.345. The molecule has 0 saturated heterocycles. The number of hydrogen-bond acceptors (Lipinski definition) is 2. The molecule has 13 heavy (non-hydrogen) atoms. The third kappa shape index (κ3) is 2.42. The molecule has 72 valence electrons. The van der Waals surface area contributed by atoms with Gasteiger partial charge < -0.3 is 10.1 Å². The molecule has 0 unspecified atom stereocenters. The normalized spacial score (nSPS) is 9.85. The van der Waals surface area contributed by atoms with Crippen LogP contribution in [0.25, 0.3) is 0 Å². The van der Waals surface area contributed by atoms with Crippen LogP contribution in [-0.2, 0) is 0 Å². The van der Waals surface area contributed by atoms with E-state index in [1.54, 1.807) is 13.2 Å². The second kappa shape index (κ2) is 4.58. The second-order valence-corrected chi connectivity index (χ2v) is 3.29. The Morgan fingerprint density at radius 2 is 2.15 bits per heavy atom. The highest BCUT2D eigenvalue weighted by Gasteiger charge is 2.05. The first kappa shape index (κ1) is 10.5. The molecule has 0 radical (unpaired) electrons. The summed E-state index contributed by atoms with van der Waals surface area (Å²) in [5, 5.41) is 3.67. The van der Waals surface area contributed by atoms with E-state index in [4.69, 9.17) is 27.9 Å². The van der Waals surface area contributed by atoms with Crippen molar-refractivity contribution in [3.8, 4) is 5.75 Å². The largest absolute Gasteiger partial charge is 0.495 e. The number of nitrogens with one attached hydrogen (secondary N) is 1. The Morgan fingerprint density at radius 3 is 2.69 bits per heavy atom. The molecule has 1 rings (SSSR count). The van der Waals surface area contributed by atoms with Crippen molar-refractivity contribution in [2.45, 2.75) is 6.92 Å². The van der Waals surface area contributed by atoms with Gasteiger partial charge in [0, 0.05) is 11.1 Å². The lowest BCUT2D eigenvalue weighted by Gasteiger charge is -2.10. The maximum atomic E-state index is 5.92. The number of aryl methyl sites for hydroxylation is 1. The van der Waals surface area contributed by atoms with Crippen molar-refractivity contribution >= 4 is 28.9 Å². The summed E-state index contributed by atoms with van der Waals surface area (Å²) in [7, 11) is 1.60. The number of benzene rings is 1. The molecule has 1 aromatic carbocycles. The number of methoxy groups -OCH3 is 1. The molecule has 0 fully saturated rings. The first-order chi connectivity index (χ1) is 6.19. The highest BCUT2D eigenvalue weighted by Crippen LogP contribution is 2.30. The van der Waals surface area contributed by atoms with Gasteiger partial charge in [-0.05, 0) is 18.6 Å². The SMILES string of the molecule is COc1cc(Cl)c(C)cc1NCCl. The van der Waals surface area contributed by atoms with E-state index in [-0.39, 0.29) is 0 Å². The van der Waals surface area contributed by atoms with Crippen LogP contribution in [-0.4, -0.2) is 13.1 Å². The third-order valence-electron chi connectivity index (χ3n) is 1.74. The van der Waals surface area contributed by atoms with Gasteiger partial charge in [-0.15, -0.1) is 11.6 Å². The van der Waals surface area contributed by atoms with Crippen molar-refractivity contribution in [1.29, 1.82) is 0 Å². The average molecular weight is 220 g/mol. The Kier molecular flexibility index (Phi) is 3.70. The summed E-state index contributed by atoms with van der Waals surface area (Å²) in [6.07, 6.45) is 0. The number of ether oxygens (including phenoxy) is 1. The third-order valence-corrected chi connectivity index (χ3v) is 2.28. The van der Waals surface area contributed by atoms with E-state index in [1.165, 1.54) is 0 Å². The molecule has 0 aliphatic rings. The van der Waals surface area contributed by atoms with Crippen LogP contribution in [0.1, 0.15) is 5.56 Å². The van der Waals surface area contributed by atoms with Crippen LogP contribution in [0.15, 0.2) is 12.1 Å². The van der Waals surface area contributed by atoms with Crippen molar-refractivity contribution in [3.05, 3.63) is 22.7 Å². The molecule has 0 heterocycles. The van der Waals surface area contributed by atoms with Gasteiger partial charge in [-0.1, -0.05) is 11.6 Å².